The minimum absolute atomic E-state index is 0.181. The molecule has 1 amide bonds. The first-order chi connectivity index (χ1) is 10.8. The quantitative estimate of drug-likeness (QED) is 0.809. The van der Waals surface area contributed by atoms with Gasteiger partial charge in [-0.2, -0.15) is 0 Å². The highest BCUT2D eigenvalue weighted by Crippen LogP contribution is 2.28. The van der Waals surface area contributed by atoms with E-state index in [9.17, 15) is 17.6 Å². The van der Waals surface area contributed by atoms with E-state index >= 15 is 0 Å². The van der Waals surface area contributed by atoms with Gasteiger partial charge in [0.1, 0.15) is 11.9 Å². The van der Waals surface area contributed by atoms with E-state index in [-0.39, 0.29) is 16.6 Å². The number of hydrogen-bond acceptors (Lipinski definition) is 3. The second-order valence-electron chi connectivity index (χ2n) is 5.61. The molecule has 0 bridgehead atoms. The molecule has 1 heterocycles. The largest absolute Gasteiger partial charge is 0.341 e. The third-order valence-electron chi connectivity index (χ3n) is 3.89. The average molecular weight is 363 g/mol. The van der Waals surface area contributed by atoms with E-state index in [1.165, 1.54) is 12.1 Å². The third kappa shape index (κ3) is 3.95. The van der Waals surface area contributed by atoms with Crippen LogP contribution in [0.1, 0.15) is 26.2 Å². The van der Waals surface area contributed by atoms with Crippen molar-refractivity contribution < 1.29 is 17.6 Å². The van der Waals surface area contributed by atoms with E-state index in [1.54, 1.807) is 11.8 Å². The summed E-state index contributed by atoms with van der Waals surface area (Å²) < 4.78 is 38.9. The molecule has 0 unspecified atom stereocenters. The van der Waals surface area contributed by atoms with Crippen LogP contribution in [0.2, 0.25) is 5.02 Å². The van der Waals surface area contributed by atoms with E-state index in [4.69, 9.17) is 11.6 Å². The number of nitrogens with zero attached hydrogens (tertiary/aromatic N) is 2. The number of benzene rings is 1. The van der Waals surface area contributed by atoms with Crippen LogP contribution in [0.15, 0.2) is 18.2 Å². The lowest BCUT2D eigenvalue weighted by atomic mass is 10.1. The maximum absolute atomic E-state index is 13.4. The molecule has 23 heavy (non-hydrogen) atoms. The molecule has 1 saturated heterocycles. The van der Waals surface area contributed by atoms with Crippen LogP contribution in [0.5, 0.6) is 0 Å². The predicted octanol–water partition coefficient (Wildman–Crippen LogP) is 2.65. The summed E-state index contributed by atoms with van der Waals surface area (Å²) in [5, 5.41) is -0.181. The van der Waals surface area contributed by atoms with Crippen molar-refractivity contribution in [2.75, 3.05) is 23.7 Å². The smallest absolute Gasteiger partial charge is 0.246 e. The predicted molar refractivity (Wildman–Crippen MR) is 88.6 cm³/mol. The number of sulfonamides is 1. The molecule has 0 saturated carbocycles. The minimum Gasteiger partial charge on any atom is -0.341 e. The van der Waals surface area contributed by atoms with Gasteiger partial charge in [0, 0.05) is 13.1 Å². The first-order valence-electron chi connectivity index (χ1n) is 7.49. The number of anilines is 1. The van der Waals surface area contributed by atoms with Gasteiger partial charge < -0.3 is 4.90 Å². The molecular formula is C15H20ClFN2O3S. The van der Waals surface area contributed by atoms with Gasteiger partial charge in [0.2, 0.25) is 15.9 Å². The molecular weight excluding hydrogens is 343 g/mol. The molecule has 1 aromatic carbocycles. The van der Waals surface area contributed by atoms with Crippen LogP contribution in [0, 0.1) is 5.82 Å². The number of rotatable bonds is 5. The summed E-state index contributed by atoms with van der Waals surface area (Å²) in [5.41, 5.74) is 0.193. The maximum atomic E-state index is 13.4. The highest BCUT2D eigenvalue weighted by Gasteiger charge is 2.35. The highest BCUT2D eigenvalue weighted by atomic mass is 35.5. The molecule has 0 aliphatic carbocycles. The molecule has 1 aliphatic rings. The molecule has 1 atom stereocenters. The fourth-order valence-electron chi connectivity index (χ4n) is 2.81. The van der Waals surface area contributed by atoms with Crippen molar-refractivity contribution in [1.82, 2.24) is 4.90 Å². The summed E-state index contributed by atoms with van der Waals surface area (Å²) in [4.78, 5) is 14.4. The second-order valence-corrected chi connectivity index (χ2v) is 7.88. The van der Waals surface area contributed by atoms with E-state index in [0.717, 1.165) is 29.5 Å². The van der Waals surface area contributed by atoms with E-state index in [0.29, 0.717) is 19.5 Å². The Labute approximate surface area is 141 Å². The Morgan fingerprint density at radius 1 is 1.39 bits per heavy atom. The first-order valence-corrected chi connectivity index (χ1v) is 9.71. The Morgan fingerprint density at radius 2 is 2.00 bits per heavy atom. The SMILES string of the molecule is CC[C@@H](C(=O)N1CCCC1)N(c1ccc(F)c(Cl)c1)S(C)(=O)=O. The highest BCUT2D eigenvalue weighted by molar-refractivity contribution is 7.92. The molecule has 0 spiro atoms. The number of likely N-dealkylation sites (tertiary alicyclic amines) is 1. The van der Waals surface area contributed by atoms with E-state index in [2.05, 4.69) is 0 Å². The van der Waals surface area contributed by atoms with Crippen molar-refractivity contribution in [3.63, 3.8) is 0 Å². The molecule has 0 aromatic heterocycles. The minimum atomic E-state index is -3.73. The van der Waals surface area contributed by atoms with Gasteiger partial charge in [-0.1, -0.05) is 18.5 Å². The van der Waals surface area contributed by atoms with Crippen molar-refractivity contribution in [3.8, 4) is 0 Å². The number of halogens is 2. The van der Waals surface area contributed by atoms with Gasteiger partial charge in [-0.3, -0.25) is 9.10 Å². The van der Waals surface area contributed by atoms with Crippen LogP contribution in [-0.4, -0.2) is 44.6 Å². The van der Waals surface area contributed by atoms with Gasteiger partial charge in [0.05, 0.1) is 17.0 Å². The van der Waals surface area contributed by atoms with Crippen molar-refractivity contribution in [3.05, 3.63) is 29.0 Å². The Morgan fingerprint density at radius 3 is 2.48 bits per heavy atom. The number of carbonyl (C=O) groups is 1. The lowest BCUT2D eigenvalue weighted by Crippen LogP contribution is -2.50. The number of carbonyl (C=O) groups excluding carboxylic acids is 1. The molecule has 5 nitrogen and oxygen atoms in total. The second kappa shape index (κ2) is 7.05. The lowest BCUT2D eigenvalue weighted by Gasteiger charge is -2.32. The zero-order valence-electron chi connectivity index (χ0n) is 13.1. The topological polar surface area (TPSA) is 57.7 Å². The van der Waals surface area contributed by atoms with Gasteiger partial charge in [0.25, 0.3) is 0 Å². The molecule has 1 aliphatic heterocycles. The molecule has 8 heteroatoms. The molecule has 1 fully saturated rings. The Balaban J connectivity index is 2.43. The fraction of sp³-hybridized carbons (Fsp3) is 0.533. The van der Waals surface area contributed by atoms with E-state index in [1.807, 2.05) is 0 Å². The summed E-state index contributed by atoms with van der Waals surface area (Å²) in [5.74, 6) is -0.862. The third-order valence-corrected chi connectivity index (χ3v) is 5.36. The van der Waals surface area contributed by atoms with Gasteiger partial charge in [-0.05, 0) is 37.5 Å². The standard InChI is InChI=1S/C15H20ClFN2O3S/c1-3-14(15(20)18-8-4-5-9-18)19(23(2,21)22)11-6-7-13(17)12(16)10-11/h6-7,10,14H,3-5,8-9H2,1-2H3/t14-/m0/s1. The van der Waals surface area contributed by atoms with Gasteiger partial charge in [-0.25, -0.2) is 12.8 Å². The van der Waals surface area contributed by atoms with Crippen LogP contribution in [0.25, 0.3) is 0 Å². The summed E-state index contributed by atoms with van der Waals surface area (Å²) >= 11 is 5.77. The molecule has 0 N–H and O–H groups in total. The fourth-order valence-corrected chi connectivity index (χ4v) is 4.19. The number of amides is 1. The zero-order chi connectivity index (χ0) is 17.2. The summed E-state index contributed by atoms with van der Waals surface area (Å²) in [6, 6.07) is 2.80. The van der Waals surface area contributed by atoms with Gasteiger partial charge in [0.15, 0.2) is 0 Å². The summed E-state index contributed by atoms with van der Waals surface area (Å²) in [7, 11) is -3.73. The number of hydrogen-bond donors (Lipinski definition) is 0. The normalized spacial score (nSPS) is 16.4. The Bertz CT molecular complexity index is 690. The molecule has 0 radical (unpaired) electrons. The maximum Gasteiger partial charge on any atom is 0.246 e. The van der Waals surface area contributed by atoms with Crippen LogP contribution in [0.3, 0.4) is 0 Å². The first kappa shape index (κ1) is 18.0. The monoisotopic (exact) mass is 362 g/mol. The summed E-state index contributed by atoms with van der Waals surface area (Å²) in [6.07, 6.45) is 3.19. The van der Waals surface area contributed by atoms with Crippen LogP contribution >= 0.6 is 11.6 Å². The van der Waals surface area contributed by atoms with Crippen molar-refractivity contribution >= 4 is 33.2 Å². The van der Waals surface area contributed by atoms with Crippen molar-refractivity contribution in [1.29, 1.82) is 0 Å². The van der Waals surface area contributed by atoms with Crippen LogP contribution < -0.4 is 4.31 Å². The molecule has 2 rings (SSSR count). The average Bonchev–Trinajstić information content (AvgIpc) is 3.00. The summed E-state index contributed by atoms with van der Waals surface area (Å²) in [6.45, 7) is 3.02. The Hall–Kier alpha value is -1.34. The van der Waals surface area contributed by atoms with Crippen LogP contribution in [-0.2, 0) is 14.8 Å². The lowest BCUT2D eigenvalue weighted by molar-refractivity contribution is -0.131. The zero-order valence-corrected chi connectivity index (χ0v) is 14.7. The van der Waals surface area contributed by atoms with Gasteiger partial charge in [-0.15, -0.1) is 0 Å². The van der Waals surface area contributed by atoms with Crippen molar-refractivity contribution in [2.45, 2.75) is 32.2 Å². The molecule has 128 valence electrons. The van der Waals surface area contributed by atoms with Gasteiger partial charge >= 0.3 is 0 Å². The van der Waals surface area contributed by atoms with E-state index < -0.39 is 21.9 Å². The van der Waals surface area contributed by atoms with Crippen molar-refractivity contribution in [2.24, 2.45) is 0 Å². The van der Waals surface area contributed by atoms with Crippen LogP contribution in [0.4, 0.5) is 10.1 Å². The molecule has 1 aromatic rings. The Kier molecular flexibility index (Phi) is 5.52.